The van der Waals surface area contributed by atoms with E-state index in [0.717, 1.165) is 36.2 Å². The van der Waals surface area contributed by atoms with Crippen LogP contribution in [0.15, 0.2) is 18.2 Å². The number of aromatic nitrogens is 2. The van der Waals surface area contributed by atoms with Crippen LogP contribution in [0.4, 0.5) is 0 Å². The van der Waals surface area contributed by atoms with Gasteiger partial charge < -0.3 is 14.8 Å². The van der Waals surface area contributed by atoms with Gasteiger partial charge in [0.05, 0.1) is 22.7 Å². The summed E-state index contributed by atoms with van der Waals surface area (Å²) in [5.41, 5.74) is 1.94. The van der Waals surface area contributed by atoms with Crippen LogP contribution >= 0.6 is 0 Å². The molecular formula is C16H22N2O3. The minimum Gasteiger partial charge on any atom is -0.478 e. The smallest absolute Gasteiger partial charge is 0.335 e. The minimum absolute atomic E-state index is 0.261. The predicted octanol–water partition coefficient (Wildman–Crippen LogP) is 3.02. The lowest BCUT2D eigenvalue weighted by atomic mass is 10.1. The molecule has 0 fully saturated rings. The second kappa shape index (κ2) is 6.26. The van der Waals surface area contributed by atoms with Gasteiger partial charge >= 0.3 is 5.97 Å². The van der Waals surface area contributed by atoms with E-state index < -0.39 is 5.97 Å². The molecular weight excluding hydrogens is 268 g/mol. The molecule has 2 N–H and O–H groups in total. The number of benzene rings is 1. The van der Waals surface area contributed by atoms with Crippen LogP contribution in [0.3, 0.4) is 0 Å². The maximum Gasteiger partial charge on any atom is 0.335 e. The van der Waals surface area contributed by atoms with Crippen LogP contribution in [0.1, 0.15) is 55.7 Å². The summed E-state index contributed by atoms with van der Waals surface area (Å²) >= 11 is 0. The number of hydrogen-bond acceptors (Lipinski definition) is 3. The topological polar surface area (TPSA) is 75.3 Å². The second-order valence-electron chi connectivity index (χ2n) is 5.78. The number of carboxylic acid groups (broad SMARTS) is 1. The van der Waals surface area contributed by atoms with Gasteiger partial charge in [-0.05, 0) is 38.0 Å². The SMILES string of the molecule is CC(O)CCCn1c(C(C)C)nc2ccc(C(=O)O)cc21. The van der Waals surface area contributed by atoms with Crippen LogP contribution in [0.5, 0.6) is 0 Å². The van der Waals surface area contributed by atoms with E-state index in [0.29, 0.717) is 0 Å². The maximum atomic E-state index is 11.1. The van der Waals surface area contributed by atoms with Gasteiger partial charge in [-0.3, -0.25) is 0 Å². The van der Waals surface area contributed by atoms with E-state index in [1.807, 2.05) is 0 Å². The summed E-state index contributed by atoms with van der Waals surface area (Å²) in [5.74, 6) is 0.287. The van der Waals surface area contributed by atoms with Crippen LogP contribution < -0.4 is 0 Å². The highest BCUT2D eigenvalue weighted by Gasteiger charge is 2.15. The number of nitrogens with zero attached hydrogens (tertiary/aromatic N) is 2. The van der Waals surface area contributed by atoms with Gasteiger partial charge in [-0.25, -0.2) is 9.78 Å². The Morgan fingerprint density at radius 3 is 2.62 bits per heavy atom. The molecule has 1 aromatic carbocycles. The molecule has 1 atom stereocenters. The first kappa shape index (κ1) is 15.5. The number of rotatable bonds is 6. The zero-order valence-electron chi connectivity index (χ0n) is 12.7. The summed E-state index contributed by atoms with van der Waals surface area (Å²) in [6.07, 6.45) is 1.23. The van der Waals surface area contributed by atoms with E-state index in [1.165, 1.54) is 0 Å². The lowest BCUT2D eigenvalue weighted by Crippen LogP contribution is -2.08. The molecule has 0 aliphatic rings. The number of hydrogen-bond donors (Lipinski definition) is 2. The number of imidazole rings is 1. The standard InChI is InChI=1S/C16H22N2O3/c1-10(2)15-17-13-7-6-12(16(20)21)9-14(13)18(15)8-4-5-11(3)19/h6-7,9-11,19H,4-5,8H2,1-3H3,(H,20,21). The molecule has 0 spiro atoms. The first-order chi connectivity index (χ1) is 9.90. The van der Waals surface area contributed by atoms with Crippen molar-refractivity contribution >= 4 is 17.0 Å². The number of carboxylic acids is 1. The van der Waals surface area contributed by atoms with Gasteiger partial charge in [0.15, 0.2) is 0 Å². The molecule has 0 saturated carbocycles. The molecule has 0 amide bonds. The number of aliphatic hydroxyl groups is 1. The summed E-state index contributed by atoms with van der Waals surface area (Å²) in [7, 11) is 0. The summed E-state index contributed by atoms with van der Waals surface area (Å²) in [6, 6.07) is 5.02. The van der Waals surface area contributed by atoms with Gasteiger partial charge in [0.1, 0.15) is 5.82 Å². The Morgan fingerprint density at radius 1 is 1.33 bits per heavy atom. The number of aryl methyl sites for hydroxylation is 1. The van der Waals surface area contributed by atoms with E-state index >= 15 is 0 Å². The Labute approximate surface area is 124 Å². The fourth-order valence-corrected chi connectivity index (χ4v) is 2.49. The van der Waals surface area contributed by atoms with Crippen LogP contribution in [-0.2, 0) is 6.54 Å². The highest BCUT2D eigenvalue weighted by atomic mass is 16.4. The average molecular weight is 290 g/mol. The first-order valence-electron chi connectivity index (χ1n) is 7.31. The van der Waals surface area contributed by atoms with Crippen molar-refractivity contribution in [1.82, 2.24) is 9.55 Å². The van der Waals surface area contributed by atoms with Gasteiger partial charge in [0.25, 0.3) is 0 Å². The molecule has 0 bridgehead atoms. The summed E-state index contributed by atoms with van der Waals surface area (Å²) in [4.78, 5) is 15.8. The third-order valence-electron chi connectivity index (χ3n) is 3.54. The third kappa shape index (κ3) is 3.42. The highest BCUT2D eigenvalue weighted by Crippen LogP contribution is 2.23. The molecule has 5 heteroatoms. The highest BCUT2D eigenvalue weighted by molar-refractivity contribution is 5.92. The Hall–Kier alpha value is -1.88. The lowest BCUT2D eigenvalue weighted by molar-refractivity contribution is 0.0697. The van der Waals surface area contributed by atoms with Crippen LogP contribution in [0.2, 0.25) is 0 Å². The van der Waals surface area contributed by atoms with Crippen molar-refractivity contribution in [2.24, 2.45) is 0 Å². The molecule has 2 rings (SSSR count). The van der Waals surface area contributed by atoms with Crippen molar-refractivity contribution in [2.45, 2.75) is 52.2 Å². The monoisotopic (exact) mass is 290 g/mol. The Kier molecular flexibility index (Phi) is 4.63. The number of carbonyl (C=O) groups is 1. The molecule has 1 aromatic heterocycles. The molecule has 5 nitrogen and oxygen atoms in total. The van der Waals surface area contributed by atoms with Crippen molar-refractivity contribution < 1.29 is 15.0 Å². The van der Waals surface area contributed by atoms with E-state index in [-0.39, 0.29) is 17.6 Å². The third-order valence-corrected chi connectivity index (χ3v) is 3.54. The van der Waals surface area contributed by atoms with Crippen LogP contribution in [-0.4, -0.2) is 31.8 Å². The van der Waals surface area contributed by atoms with Crippen LogP contribution in [0.25, 0.3) is 11.0 Å². The minimum atomic E-state index is -0.931. The second-order valence-corrected chi connectivity index (χ2v) is 5.78. The van der Waals surface area contributed by atoms with Crippen molar-refractivity contribution in [1.29, 1.82) is 0 Å². The number of fused-ring (bicyclic) bond motifs is 1. The molecule has 2 aromatic rings. The van der Waals surface area contributed by atoms with Gasteiger partial charge in [0.2, 0.25) is 0 Å². The van der Waals surface area contributed by atoms with Crippen molar-refractivity contribution in [2.75, 3.05) is 0 Å². The van der Waals surface area contributed by atoms with E-state index in [1.54, 1.807) is 25.1 Å². The fraction of sp³-hybridized carbons (Fsp3) is 0.500. The van der Waals surface area contributed by atoms with Crippen LogP contribution in [0, 0.1) is 0 Å². The first-order valence-corrected chi connectivity index (χ1v) is 7.31. The normalized spacial score (nSPS) is 13.0. The molecule has 0 radical (unpaired) electrons. The molecule has 114 valence electrons. The van der Waals surface area contributed by atoms with Crippen molar-refractivity contribution in [3.63, 3.8) is 0 Å². The summed E-state index contributed by atoms with van der Waals surface area (Å²) < 4.78 is 2.08. The fourth-order valence-electron chi connectivity index (χ4n) is 2.49. The van der Waals surface area contributed by atoms with Gasteiger partial charge in [0, 0.05) is 12.5 Å². The molecule has 21 heavy (non-hydrogen) atoms. The van der Waals surface area contributed by atoms with E-state index in [4.69, 9.17) is 5.11 Å². The van der Waals surface area contributed by atoms with Gasteiger partial charge in [-0.1, -0.05) is 13.8 Å². The Bertz CT molecular complexity index is 644. The number of aliphatic hydroxyl groups excluding tert-OH is 1. The average Bonchev–Trinajstić information content (AvgIpc) is 2.76. The quantitative estimate of drug-likeness (QED) is 0.857. The molecule has 1 unspecified atom stereocenters. The molecule has 0 saturated heterocycles. The zero-order chi connectivity index (χ0) is 15.6. The number of aromatic carboxylic acids is 1. The largest absolute Gasteiger partial charge is 0.478 e. The predicted molar refractivity (Wildman–Crippen MR) is 81.7 cm³/mol. The molecule has 0 aliphatic heterocycles. The van der Waals surface area contributed by atoms with Gasteiger partial charge in [-0.2, -0.15) is 0 Å². The molecule has 1 heterocycles. The zero-order valence-corrected chi connectivity index (χ0v) is 12.7. The van der Waals surface area contributed by atoms with E-state index in [2.05, 4.69) is 23.4 Å². The maximum absolute atomic E-state index is 11.1. The Morgan fingerprint density at radius 2 is 2.05 bits per heavy atom. The summed E-state index contributed by atoms with van der Waals surface area (Å²) in [5, 5.41) is 18.5. The van der Waals surface area contributed by atoms with Gasteiger partial charge in [-0.15, -0.1) is 0 Å². The summed E-state index contributed by atoms with van der Waals surface area (Å²) in [6.45, 7) is 6.66. The molecule has 0 aliphatic carbocycles. The van der Waals surface area contributed by atoms with E-state index in [9.17, 15) is 9.90 Å². The van der Waals surface area contributed by atoms with Crippen molar-refractivity contribution in [3.8, 4) is 0 Å². The van der Waals surface area contributed by atoms with Crippen molar-refractivity contribution in [3.05, 3.63) is 29.6 Å². The Balaban J connectivity index is 2.43. The lowest BCUT2D eigenvalue weighted by Gasteiger charge is -2.12.